The predicted octanol–water partition coefficient (Wildman–Crippen LogP) is 6.57. The van der Waals surface area contributed by atoms with Crippen LogP contribution in [-0.4, -0.2) is 16.0 Å². The SMILES string of the molecule is C/C=C1/CC(O)=CC=C1C1(c2ccc(O)c(C)c2)C(=O)c2ccccc2-c2ccccc21. The average Bonchev–Trinajstić information content (AvgIpc) is 2.82. The zero-order valence-corrected chi connectivity index (χ0v) is 18.1. The standard InChI is InChI=1S/C29H24O3/c1-3-19-17-21(30)13-14-25(19)29(20-12-15-27(31)18(2)16-20)26-11-7-6-9-23(26)22-8-4-5-10-24(22)28(29)32/h3-16,30-31H,17H2,1-2H3/b19-3-. The van der Waals surface area contributed by atoms with Gasteiger partial charge in [-0.05, 0) is 65.0 Å². The molecule has 0 radical (unpaired) electrons. The second-order valence-electron chi connectivity index (χ2n) is 8.40. The van der Waals surface area contributed by atoms with Gasteiger partial charge in [0.05, 0.1) is 5.76 Å². The summed E-state index contributed by atoms with van der Waals surface area (Å²) in [5, 5.41) is 20.5. The highest BCUT2D eigenvalue weighted by Gasteiger charge is 2.51. The monoisotopic (exact) mass is 420 g/mol. The summed E-state index contributed by atoms with van der Waals surface area (Å²) < 4.78 is 0. The highest BCUT2D eigenvalue weighted by atomic mass is 16.3. The van der Waals surface area contributed by atoms with Gasteiger partial charge < -0.3 is 10.2 Å². The molecule has 1 unspecified atom stereocenters. The normalized spacial score (nSPS) is 20.9. The summed E-state index contributed by atoms with van der Waals surface area (Å²) in [6.07, 6.45) is 5.91. The van der Waals surface area contributed by atoms with Crippen LogP contribution in [0.2, 0.25) is 0 Å². The number of phenols is 1. The van der Waals surface area contributed by atoms with Crippen molar-refractivity contribution in [1.82, 2.24) is 0 Å². The number of hydrogen-bond acceptors (Lipinski definition) is 3. The van der Waals surface area contributed by atoms with Gasteiger partial charge in [0.2, 0.25) is 0 Å². The lowest BCUT2D eigenvalue weighted by atomic mass is 9.57. The summed E-state index contributed by atoms with van der Waals surface area (Å²) in [4.78, 5) is 14.5. The van der Waals surface area contributed by atoms with Crippen LogP contribution < -0.4 is 0 Å². The molecule has 0 saturated heterocycles. The van der Waals surface area contributed by atoms with Crippen LogP contribution in [-0.2, 0) is 5.41 Å². The Morgan fingerprint density at radius 3 is 2.28 bits per heavy atom. The van der Waals surface area contributed by atoms with E-state index in [-0.39, 0.29) is 17.3 Å². The van der Waals surface area contributed by atoms with Crippen molar-refractivity contribution in [2.45, 2.75) is 25.7 Å². The van der Waals surface area contributed by atoms with E-state index in [1.54, 1.807) is 12.1 Å². The smallest absolute Gasteiger partial charge is 0.182 e. The first kappa shape index (κ1) is 20.1. The quantitative estimate of drug-likeness (QED) is 0.493. The molecule has 0 aromatic heterocycles. The number of carbonyl (C=O) groups excluding carboxylic acids is 1. The molecule has 0 heterocycles. The molecule has 0 spiro atoms. The molecule has 158 valence electrons. The fourth-order valence-corrected chi connectivity index (χ4v) is 5.14. The number of aliphatic hydroxyl groups excluding tert-OH is 1. The van der Waals surface area contributed by atoms with Crippen molar-refractivity contribution in [2.75, 3.05) is 0 Å². The lowest BCUT2D eigenvalue weighted by Gasteiger charge is -2.42. The topological polar surface area (TPSA) is 57.5 Å². The van der Waals surface area contributed by atoms with Crippen molar-refractivity contribution in [2.24, 2.45) is 0 Å². The van der Waals surface area contributed by atoms with E-state index < -0.39 is 5.41 Å². The number of aliphatic hydroxyl groups is 1. The highest BCUT2D eigenvalue weighted by Crippen LogP contribution is 2.53. The summed E-state index contributed by atoms with van der Waals surface area (Å²) in [5.74, 6) is 0.468. The van der Waals surface area contributed by atoms with Gasteiger partial charge in [-0.15, -0.1) is 0 Å². The Morgan fingerprint density at radius 2 is 1.56 bits per heavy atom. The molecule has 32 heavy (non-hydrogen) atoms. The zero-order valence-electron chi connectivity index (χ0n) is 18.1. The fraction of sp³-hybridized carbons (Fsp3) is 0.138. The lowest BCUT2D eigenvalue weighted by molar-refractivity contribution is 0.0931. The van der Waals surface area contributed by atoms with E-state index >= 15 is 0 Å². The van der Waals surface area contributed by atoms with Gasteiger partial charge in [-0.25, -0.2) is 0 Å². The van der Waals surface area contributed by atoms with Gasteiger partial charge in [-0.1, -0.05) is 72.8 Å². The van der Waals surface area contributed by atoms with Crippen LogP contribution in [0.1, 0.15) is 40.4 Å². The molecule has 2 N–H and O–H groups in total. The number of allylic oxidation sites excluding steroid dienone is 5. The second-order valence-corrected chi connectivity index (χ2v) is 8.40. The van der Waals surface area contributed by atoms with Gasteiger partial charge in [-0.2, -0.15) is 0 Å². The summed E-state index contributed by atoms with van der Waals surface area (Å²) in [7, 11) is 0. The Labute approximate surface area is 187 Å². The third kappa shape index (κ3) is 2.71. The Bertz CT molecular complexity index is 1360. The second kappa shape index (κ2) is 7.38. The van der Waals surface area contributed by atoms with Gasteiger partial charge in [0.1, 0.15) is 11.2 Å². The summed E-state index contributed by atoms with van der Waals surface area (Å²) in [6, 6.07) is 21.2. The van der Waals surface area contributed by atoms with Crippen LogP contribution in [0.4, 0.5) is 0 Å². The predicted molar refractivity (Wildman–Crippen MR) is 127 cm³/mol. The van der Waals surface area contributed by atoms with Crippen LogP contribution >= 0.6 is 0 Å². The first-order valence-corrected chi connectivity index (χ1v) is 10.8. The van der Waals surface area contributed by atoms with Crippen molar-refractivity contribution in [3.63, 3.8) is 0 Å². The Balaban J connectivity index is 1.96. The molecular formula is C29H24O3. The van der Waals surface area contributed by atoms with Crippen molar-refractivity contribution in [3.05, 3.63) is 124 Å². The molecule has 0 aliphatic heterocycles. The molecule has 0 saturated carbocycles. The van der Waals surface area contributed by atoms with Gasteiger partial charge >= 0.3 is 0 Å². The Hall–Kier alpha value is -3.85. The number of phenolic OH excluding ortho intramolecular Hbond substituents is 1. The van der Waals surface area contributed by atoms with E-state index in [2.05, 4.69) is 6.07 Å². The van der Waals surface area contributed by atoms with Gasteiger partial charge in [-0.3, -0.25) is 4.79 Å². The number of Topliss-reactive ketones (excluding diaryl/α,β-unsaturated/α-hetero) is 1. The number of rotatable bonds is 2. The van der Waals surface area contributed by atoms with E-state index in [4.69, 9.17) is 0 Å². The molecule has 3 aromatic carbocycles. The van der Waals surface area contributed by atoms with Crippen LogP contribution in [0.3, 0.4) is 0 Å². The van der Waals surface area contributed by atoms with E-state index in [9.17, 15) is 15.0 Å². The largest absolute Gasteiger partial charge is 0.512 e. The van der Waals surface area contributed by atoms with Gasteiger partial charge in [0.15, 0.2) is 5.78 Å². The minimum Gasteiger partial charge on any atom is -0.512 e. The first-order valence-electron chi connectivity index (χ1n) is 10.8. The zero-order chi connectivity index (χ0) is 22.5. The third-order valence-electron chi connectivity index (χ3n) is 6.68. The molecule has 0 bridgehead atoms. The maximum Gasteiger partial charge on any atom is 0.182 e. The number of benzene rings is 3. The highest BCUT2D eigenvalue weighted by molar-refractivity contribution is 6.17. The average molecular weight is 421 g/mol. The van der Waals surface area contributed by atoms with Crippen LogP contribution in [0, 0.1) is 6.92 Å². The van der Waals surface area contributed by atoms with E-state index in [1.165, 1.54) is 0 Å². The summed E-state index contributed by atoms with van der Waals surface area (Å²) >= 11 is 0. The van der Waals surface area contributed by atoms with Crippen molar-refractivity contribution in [3.8, 4) is 16.9 Å². The van der Waals surface area contributed by atoms with Crippen LogP contribution in [0.5, 0.6) is 5.75 Å². The van der Waals surface area contributed by atoms with Crippen molar-refractivity contribution < 1.29 is 15.0 Å². The number of hydrogen-bond donors (Lipinski definition) is 2. The first-order chi connectivity index (χ1) is 15.5. The number of aromatic hydroxyl groups is 1. The molecule has 2 aliphatic carbocycles. The summed E-state index contributed by atoms with van der Waals surface area (Å²) in [5.41, 5.74) is 5.72. The van der Waals surface area contributed by atoms with E-state index in [1.807, 2.05) is 80.6 Å². The molecule has 1 atom stereocenters. The van der Waals surface area contributed by atoms with Crippen molar-refractivity contribution >= 4 is 5.78 Å². The molecular weight excluding hydrogens is 396 g/mol. The molecule has 3 aromatic rings. The van der Waals surface area contributed by atoms with Crippen LogP contribution in [0.15, 0.2) is 102 Å². The lowest BCUT2D eigenvalue weighted by Crippen LogP contribution is -2.43. The number of aryl methyl sites for hydroxylation is 1. The van der Waals surface area contributed by atoms with Gasteiger partial charge in [0.25, 0.3) is 0 Å². The number of carbonyl (C=O) groups is 1. The fourth-order valence-electron chi connectivity index (χ4n) is 5.14. The number of ketones is 1. The Kier molecular flexibility index (Phi) is 4.63. The van der Waals surface area contributed by atoms with Crippen molar-refractivity contribution in [1.29, 1.82) is 0 Å². The van der Waals surface area contributed by atoms with E-state index in [0.717, 1.165) is 33.4 Å². The minimum atomic E-state index is -1.09. The maximum absolute atomic E-state index is 14.5. The summed E-state index contributed by atoms with van der Waals surface area (Å²) in [6.45, 7) is 3.78. The Morgan fingerprint density at radius 1 is 0.875 bits per heavy atom. The number of fused-ring (bicyclic) bond motifs is 3. The molecule has 5 rings (SSSR count). The molecule has 2 aliphatic rings. The molecule has 0 amide bonds. The molecule has 3 heteroatoms. The van der Waals surface area contributed by atoms with E-state index in [0.29, 0.717) is 17.5 Å². The minimum absolute atomic E-state index is 0.00252. The third-order valence-corrected chi connectivity index (χ3v) is 6.68. The van der Waals surface area contributed by atoms with Crippen LogP contribution in [0.25, 0.3) is 11.1 Å². The molecule has 0 fully saturated rings. The van der Waals surface area contributed by atoms with Gasteiger partial charge in [0, 0.05) is 12.0 Å². The molecule has 3 nitrogen and oxygen atoms in total. The maximum atomic E-state index is 14.5.